The van der Waals surface area contributed by atoms with Crippen molar-refractivity contribution >= 4 is 45.6 Å². The number of piperidine rings is 1. The zero-order valence-electron chi connectivity index (χ0n) is 22.9. The van der Waals surface area contributed by atoms with Crippen LogP contribution in [0.2, 0.25) is 0 Å². The normalized spacial score (nSPS) is 14.0. The Morgan fingerprint density at radius 2 is 1.95 bits per heavy atom. The van der Waals surface area contributed by atoms with Gasteiger partial charge in [0.2, 0.25) is 0 Å². The summed E-state index contributed by atoms with van der Waals surface area (Å²) in [5, 5.41) is 12.7. The minimum Gasteiger partial charge on any atom is -0.359 e. The van der Waals surface area contributed by atoms with Crippen molar-refractivity contribution in [2.45, 2.75) is 39.2 Å². The van der Waals surface area contributed by atoms with Gasteiger partial charge in [-0.1, -0.05) is 29.5 Å². The number of hydrogen-bond donors (Lipinski definition) is 3. The Hall–Kier alpha value is -4.10. The van der Waals surface area contributed by atoms with Crippen LogP contribution in [0.1, 0.15) is 31.4 Å². The summed E-state index contributed by atoms with van der Waals surface area (Å²) in [6.07, 6.45) is 4.51. The number of aryl methyl sites for hydroxylation is 2. The van der Waals surface area contributed by atoms with Crippen molar-refractivity contribution in [3.05, 3.63) is 53.9 Å². The molecule has 1 fully saturated rings. The summed E-state index contributed by atoms with van der Waals surface area (Å²) in [6.45, 7) is 5.67. The minimum atomic E-state index is -0.617. The highest BCUT2D eigenvalue weighted by atomic mass is 32.1. The number of carbonyl (C=O) groups excluding carboxylic acids is 1. The molecule has 1 aromatic carbocycles. The molecule has 40 heavy (non-hydrogen) atoms. The third-order valence-corrected chi connectivity index (χ3v) is 7.70. The number of rotatable bonds is 8. The van der Waals surface area contributed by atoms with Crippen molar-refractivity contribution in [3.8, 4) is 10.4 Å². The van der Waals surface area contributed by atoms with E-state index in [1.807, 2.05) is 19.9 Å². The molecule has 210 valence electrons. The second-order valence-electron chi connectivity index (χ2n) is 9.80. The predicted molar refractivity (Wildman–Crippen MR) is 155 cm³/mol. The van der Waals surface area contributed by atoms with Gasteiger partial charge in [0.25, 0.3) is 0 Å². The monoisotopic (exact) mass is 565 g/mol. The summed E-state index contributed by atoms with van der Waals surface area (Å²) in [7, 11) is 4.25. The van der Waals surface area contributed by atoms with E-state index >= 15 is 0 Å². The van der Waals surface area contributed by atoms with Crippen LogP contribution >= 0.6 is 11.3 Å². The number of thiazole rings is 1. The van der Waals surface area contributed by atoms with Crippen LogP contribution in [0.4, 0.5) is 37.5 Å². The highest BCUT2D eigenvalue weighted by molar-refractivity contribution is 7.18. The SMILES string of the molecule is CCc1cc(NC(=O)Nc2ccc(-c3cnc(Nc4cc(N5CCC(N(C)C)CC5)nc(C)n4)s3)cc2F)no1. The summed E-state index contributed by atoms with van der Waals surface area (Å²) < 4.78 is 19.9. The molecular formula is C27H32FN9O2S. The zero-order chi connectivity index (χ0) is 28.2. The van der Waals surface area contributed by atoms with Gasteiger partial charge in [0.1, 0.15) is 29.0 Å². The van der Waals surface area contributed by atoms with E-state index in [-0.39, 0.29) is 11.5 Å². The molecule has 0 spiro atoms. The molecule has 1 aliphatic heterocycles. The Kier molecular flexibility index (Phi) is 8.21. The third kappa shape index (κ3) is 6.54. The lowest BCUT2D eigenvalue weighted by Gasteiger charge is -2.35. The molecule has 11 nitrogen and oxygen atoms in total. The van der Waals surface area contributed by atoms with Crippen LogP contribution in [0.3, 0.4) is 0 Å². The molecule has 0 unspecified atom stereocenters. The van der Waals surface area contributed by atoms with Crippen molar-refractivity contribution in [3.63, 3.8) is 0 Å². The van der Waals surface area contributed by atoms with Gasteiger partial charge in [-0.25, -0.2) is 24.1 Å². The quantitative estimate of drug-likeness (QED) is 0.253. The van der Waals surface area contributed by atoms with E-state index in [4.69, 9.17) is 4.52 Å². The van der Waals surface area contributed by atoms with E-state index in [1.54, 1.807) is 18.3 Å². The average Bonchev–Trinajstić information content (AvgIpc) is 3.59. The Morgan fingerprint density at radius 3 is 2.65 bits per heavy atom. The lowest BCUT2D eigenvalue weighted by molar-refractivity contribution is 0.249. The van der Waals surface area contributed by atoms with Gasteiger partial charge in [0.15, 0.2) is 10.9 Å². The zero-order valence-corrected chi connectivity index (χ0v) is 23.7. The van der Waals surface area contributed by atoms with Crippen molar-refractivity contribution in [1.29, 1.82) is 0 Å². The number of carbonyl (C=O) groups is 1. The van der Waals surface area contributed by atoms with Crippen LogP contribution in [0.15, 0.2) is 41.1 Å². The van der Waals surface area contributed by atoms with Gasteiger partial charge in [0, 0.05) is 43.9 Å². The van der Waals surface area contributed by atoms with Crippen LogP contribution < -0.4 is 20.9 Å². The van der Waals surface area contributed by atoms with Crippen LogP contribution in [0, 0.1) is 12.7 Å². The highest BCUT2D eigenvalue weighted by Crippen LogP contribution is 2.33. The number of benzene rings is 1. The number of nitrogens with one attached hydrogen (secondary N) is 3. The molecule has 0 saturated carbocycles. The van der Waals surface area contributed by atoms with Gasteiger partial charge in [-0.3, -0.25) is 5.32 Å². The number of halogens is 1. The predicted octanol–water partition coefficient (Wildman–Crippen LogP) is 5.52. The summed E-state index contributed by atoms with van der Waals surface area (Å²) in [6, 6.07) is 8.13. The summed E-state index contributed by atoms with van der Waals surface area (Å²) in [5.41, 5.74) is 0.684. The molecule has 4 aromatic rings. The molecule has 3 N–H and O–H groups in total. The summed E-state index contributed by atoms with van der Waals surface area (Å²) >= 11 is 1.38. The van der Waals surface area contributed by atoms with E-state index in [1.165, 1.54) is 23.5 Å². The van der Waals surface area contributed by atoms with Crippen molar-refractivity contribution in [1.82, 2.24) is 25.0 Å². The van der Waals surface area contributed by atoms with Crippen LogP contribution in [0.5, 0.6) is 0 Å². The largest absolute Gasteiger partial charge is 0.359 e. The molecule has 1 saturated heterocycles. The molecule has 13 heteroatoms. The molecule has 4 heterocycles. The standard InChI is InChI=1S/C27H32FN9O2S/c1-5-19-13-24(35-39-19)33-26(38)32-21-7-6-17(12-20(21)28)22-15-29-27(40-22)34-23-14-25(31-16(2)30-23)37-10-8-18(9-11-37)36(3)4/h6-7,12-15,18H,5,8-11H2,1-4H3,(H,29,30,31,34)(H2,32,33,35,38). The molecule has 2 amide bonds. The Bertz CT molecular complexity index is 1480. The van der Waals surface area contributed by atoms with Crippen molar-refractivity contribution in [2.75, 3.05) is 48.0 Å². The van der Waals surface area contributed by atoms with Crippen molar-refractivity contribution in [2.24, 2.45) is 0 Å². The number of aromatic nitrogens is 4. The summed E-state index contributed by atoms with van der Waals surface area (Å²) in [4.78, 5) is 31.2. The van der Waals surface area contributed by atoms with Gasteiger partial charge < -0.3 is 25.0 Å². The van der Waals surface area contributed by atoms with Gasteiger partial charge in [-0.2, -0.15) is 0 Å². The smallest absolute Gasteiger partial charge is 0.325 e. The first-order chi connectivity index (χ1) is 19.3. The Morgan fingerprint density at radius 1 is 1.15 bits per heavy atom. The Labute approximate surface area is 235 Å². The van der Waals surface area contributed by atoms with Crippen LogP contribution in [-0.2, 0) is 6.42 Å². The molecule has 0 radical (unpaired) electrons. The van der Waals surface area contributed by atoms with Crippen LogP contribution in [0.25, 0.3) is 10.4 Å². The molecule has 0 bridgehead atoms. The average molecular weight is 566 g/mol. The number of hydrogen-bond acceptors (Lipinski definition) is 10. The lowest BCUT2D eigenvalue weighted by atomic mass is 10.0. The maximum absolute atomic E-state index is 14.8. The molecular weight excluding hydrogens is 533 g/mol. The molecule has 5 rings (SSSR count). The number of amides is 2. The van der Waals surface area contributed by atoms with E-state index in [2.05, 4.69) is 60.0 Å². The fourth-order valence-electron chi connectivity index (χ4n) is 4.54. The fraction of sp³-hybridized carbons (Fsp3) is 0.370. The minimum absolute atomic E-state index is 0.0435. The van der Waals surface area contributed by atoms with E-state index in [0.717, 1.165) is 36.6 Å². The van der Waals surface area contributed by atoms with Gasteiger partial charge in [0.05, 0.1) is 10.6 Å². The van der Waals surface area contributed by atoms with Crippen molar-refractivity contribution < 1.29 is 13.7 Å². The van der Waals surface area contributed by atoms with Gasteiger partial charge >= 0.3 is 6.03 Å². The maximum Gasteiger partial charge on any atom is 0.325 e. The molecule has 1 aliphatic rings. The fourth-order valence-corrected chi connectivity index (χ4v) is 5.36. The molecule has 0 aliphatic carbocycles. The third-order valence-electron chi connectivity index (χ3n) is 6.73. The topological polar surface area (TPSA) is 124 Å². The van der Waals surface area contributed by atoms with E-state index in [0.29, 0.717) is 40.6 Å². The van der Waals surface area contributed by atoms with Gasteiger partial charge in [-0.05, 0) is 51.6 Å². The summed E-state index contributed by atoms with van der Waals surface area (Å²) in [5.74, 6) is 2.56. The number of urea groups is 1. The van der Waals surface area contributed by atoms with Gasteiger partial charge in [-0.15, -0.1) is 0 Å². The lowest BCUT2D eigenvalue weighted by Crippen LogP contribution is -2.42. The second-order valence-corrected chi connectivity index (χ2v) is 10.8. The highest BCUT2D eigenvalue weighted by Gasteiger charge is 2.22. The van der Waals surface area contributed by atoms with E-state index < -0.39 is 11.8 Å². The first-order valence-corrected chi connectivity index (χ1v) is 13.9. The molecule has 3 aromatic heterocycles. The molecule has 0 atom stereocenters. The number of nitrogens with zero attached hydrogens (tertiary/aromatic N) is 6. The second kappa shape index (κ2) is 12.0. The maximum atomic E-state index is 14.8. The first-order valence-electron chi connectivity index (χ1n) is 13.1. The van der Waals surface area contributed by atoms with E-state index in [9.17, 15) is 9.18 Å². The Balaban J connectivity index is 1.22. The first kappa shape index (κ1) is 27.5. The number of anilines is 5. The van der Waals surface area contributed by atoms with Crippen LogP contribution in [-0.4, -0.2) is 64.3 Å².